The van der Waals surface area contributed by atoms with Crippen molar-refractivity contribution in [2.24, 2.45) is 11.7 Å². The maximum Gasteiger partial charge on any atom is 0.251 e. The highest BCUT2D eigenvalue weighted by atomic mass is 35.5. The van der Waals surface area contributed by atoms with Gasteiger partial charge in [0.1, 0.15) is 5.00 Å². The van der Waals surface area contributed by atoms with E-state index in [1.807, 2.05) is 0 Å². The molecule has 1 aromatic heterocycles. The number of halogens is 1. The maximum atomic E-state index is 11.9. The van der Waals surface area contributed by atoms with E-state index >= 15 is 0 Å². The molecule has 0 fully saturated rings. The smallest absolute Gasteiger partial charge is 0.251 e. The Balaban J connectivity index is 2.23. The minimum Gasteiger partial charge on any atom is -0.365 e. The maximum absolute atomic E-state index is 11.9. The number of hydrogen-bond donors (Lipinski definition) is 2. The van der Waals surface area contributed by atoms with Gasteiger partial charge in [0.05, 0.1) is 5.56 Å². The lowest BCUT2D eigenvalue weighted by molar-refractivity contribution is -0.116. The number of nitrogens with one attached hydrogen (secondary N) is 1. The highest BCUT2D eigenvalue weighted by Gasteiger charge is 2.27. The van der Waals surface area contributed by atoms with Gasteiger partial charge in [-0.3, -0.25) is 9.59 Å². The molecule has 0 bridgehead atoms. The summed E-state index contributed by atoms with van der Waals surface area (Å²) in [5.41, 5.74) is 7.08. The Morgan fingerprint density at radius 2 is 2.24 bits per heavy atom. The molecule has 0 spiro atoms. The van der Waals surface area contributed by atoms with Crippen molar-refractivity contribution in [1.82, 2.24) is 0 Å². The number of hydrogen-bond acceptors (Lipinski definition) is 3. The highest BCUT2D eigenvalue weighted by molar-refractivity contribution is 7.17. The van der Waals surface area contributed by atoms with E-state index < -0.39 is 5.91 Å². The first-order chi connectivity index (χ1) is 10.1. The summed E-state index contributed by atoms with van der Waals surface area (Å²) in [5.74, 6) is 0.561. The number of nitrogens with two attached hydrogens (primary N) is 1. The van der Waals surface area contributed by atoms with E-state index in [-0.39, 0.29) is 5.91 Å². The van der Waals surface area contributed by atoms with Crippen LogP contribution in [0.4, 0.5) is 5.00 Å². The molecule has 0 aliphatic heterocycles. The zero-order chi connectivity index (χ0) is 15.4. The van der Waals surface area contributed by atoms with Crippen LogP contribution in [0.1, 0.15) is 53.4 Å². The number of primary amides is 1. The SMILES string of the molecule is CCC1CCc2c(sc(NC(=O)CCCCl)c2C(N)=O)C1. The molecule has 2 rings (SSSR count). The van der Waals surface area contributed by atoms with Crippen LogP contribution in [0.25, 0.3) is 0 Å². The highest BCUT2D eigenvalue weighted by Crippen LogP contribution is 2.40. The Kier molecular flexibility index (Phi) is 5.65. The minimum atomic E-state index is -0.449. The molecule has 1 atom stereocenters. The number of carbonyl (C=O) groups excluding carboxylic acids is 2. The average Bonchev–Trinajstić information content (AvgIpc) is 2.81. The molecule has 1 aliphatic rings. The van der Waals surface area contributed by atoms with E-state index in [0.717, 1.165) is 31.2 Å². The zero-order valence-corrected chi connectivity index (χ0v) is 13.8. The fourth-order valence-corrected chi connectivity index (χ4v) is 4.28. The molecule has 0 saturated carbocycles. The number of fused-ring (bicyclic) bond motifs is 1. The number of anilines is 1. The quantitative estimate of drug-likeness (QED) is 0.786. The van der Waals surface area contributed by atoms with Crippen LogP contribution in [0, 0.1) is 5.92 Å². The molecule has 1 aliphatic carbocycles. The van der Waals surface area contributed by atoms with Crippen molar-refractivity contribution in [3.63, 3.8) is 0 Å². The first-order valence-corrected chi connectivity index (χ1v) is 8.72. The Labute approximate surface area is 134 Å². The second-order valence-corrected chi connectivity index (χ2v) is 6.91. The molecule has 116 valence electrons. The summed E-state index contributed by atoms with van der Waals surface area (Å²) >= 11 is 7.10. The number of rotatable bonds is 6. The molecule has 1 heterocycles. The van der Waals surface area contributed by atoms with Crippen molar-refractivity contribution >= 4 is 39.8 Å². The van der Waals surface area contributed by atoms with Crippen LogP contribution >= 0.6 is 22.9 Å². The van der Waals surface area contributed by atoms with E-state index in [1.165, 1.54) is 16.2 Å². The van der Waals surface area contributed by atoms with Crippen LogP contribution in [0.5, 0.6) is 0 Å². The molecule has 6 heteroatoms. The molecule has 1 unspecified atom stereocenters. The minimum absolute atomic E-state index is 0.108. The van der Waals surface area contributed by atoms with Gasteiger partial charge >= 0.3 is 0 Å². The Morgan fingerprint density at radius 3 is 2.86 bits per heavy atom. The van der Waals surface area contributed by atoms with E-state index in [2.05, 4.69) is 12.2 Å². The standard InChI is InChI=1S/C15H21ClN2O2S/c1-2-9-5-6-10-11(8-9)21-15(13(10)14(17)20)18-12(19)4-3-7-16/h9H,2-8H2,1H3,(H2,17,20)(H,18,19). The lowest BCUT2D eigenvalue weighted by Crippen LogP contribution is -2.19. The van der Waals surface area contributed by atoms with Crippen molar-refractivity contribution in [2.45, 2.75) is 45.4 Å². The molecule has 0 radical (unpaired) electrons. The van der Waals surface area contributed by atoms with Gasteiger partial charge in [-0.05, 0) is 37.2 Å². The monoisotopic (exact) mass is 328 g/mol. The van der Waals surface area contributed by atoms with E-state index in [1.54, 1.807) is 0 Å². The lowest BCUT2D eigenvalue weighted by Gasteiger charge is -2.20. The fraction of sp³-hybridized carbons (Fsp3) is 0.600. The van der Waals surface area contributed by atoms with Crippen LogP contribution in [0.15, 0.2) is 0 Å². The van der Waals surface area contributed by atoms with Crippen molar-refractivity contribution in [2.75, 3.05) is 11.2 Å². The molecule has 21 heavy (non-hydrogen) atoms. The first-order valence-electron chi connectivity index (χ1n) is 7.36. The molecular formula is C15H21ClN2O2S. The Hall–Kier alpha value is -1.07. The second-order valence-electron chi connectivity index (χ2n) is 5.43. The van der Waals surface area contributed by atoms with Crippen LogP contribution in [-0.4, -0.2) is 17.7 Å². The van der Waals surface area contributed by atoms with Gasteiger partial charge in [-0.15, -0.1) is 22.9 Å². The number of alkyl halides is 1. The van der Waals surface area contributed by atoms with Crippen molar-refractivity contribution in [3.8, 4) is 0 Å². The van der Waals surface area contributed by atoms with E-state index in [4.69, 9.17) is 17.3 Å². The van der Waals surface area contributed by atoms with Gasteiger partial charge in [0, 0.05) is 17.2 Å². The summed E-state index contributed by atoms with van der Waals surface area (Å²) in [6, 6.07) is 0. The summed E-state index contributed by atoms with van der Waals surface area (Å²) in [6.45, 7) is 2.19. The summed E-state index contributed by atoms with van der Waals surface area (Å²) in [5, 5.41) is 3.45. The number of amides is 2. The third-order valence-corrected chi connectivity index (χ3v) is 5.42. The third kappa shape index (κ3) is 3.77. The van der Waals surface area contributed by atoms with Gasteiger partial charge in [0.25, 0.3) is 5.91 Å². The summed E-state index contributed by atoms with van der Waals surface area (Å²) in [7, 11) is 0. The molecular weight excluding hydrogens is 308 g/mol. The van der Waals surface area contributed by atoms with E-state index in [9.17, 15) is 9.59 Å². The molecule has 3 N–H and O–H groups in total. The lowest BCUT2D eigenvalue weighted by atomic mass is 9.85. The summed E-state index contributed by atoms with van der Waals surface area (Å²) < 4.78 is 0. The molecule has 4 nitrogen and oxygen atoms in total. The number of thiophene rings is 1. The normalized spacial score (nSPS) is 17.3. The van der Waals surface area contributed by atoms with Crippen LogP contribution in [0.3, 0.4) is 0 Å². The van der Waals surface area contributed by atoms with Crippen LogP contribution in [0.2, 0.25) is 0 Å². The second kappa shape index (κ2) is 7.27. The summed E-state index contributed by atoms with van der Waals surface area (Å²) in [6.07, 6.45) is 5.07. The van der Waals surface area contributed by atoms with Crippen LogP contribution < -0.4 is 11.1 Å². The van der Waals surface area contributed by atoms with Gasteiger partial charge in [0.15, 0.2) is 0 Å². The third-order valence-electron chi connectivity index (χ3n) is 3.98. The van der Waals surface area contributed by atoms with Crippen molar-refractivity contribution in [3.05, 3.63) is 16.0 Å². The van der Waals surface area contributed by atoms with Crippen molar-refractivity contribution in [1.29, 1.82) is 0 Å². The topological polar surface area (TPSA) is 72.2 Å². The summed E-state index contributed by atoms with van der Waals surface area (Å²) in [4.78, 5) is 24.8. The van der Waals surface area contributed by atoms with E-state index in [0.29, 0.717) is 35.2 Å². The van der Waals surface area contributed by atoms with Crippen LogP contribution in [-0.2, 0) is 17.6 Å². The fourth-order valence-electron chi connectivity index (χ4n) is 2.77. The first kappa shape index (κ1) is 16.3. The molecule has 1 aromatic rings. The molecule has 0 aromatic carbocycles. The average molecular weight is 329 g/mol. The Morgan fingerprint density at radius 1 is 1.48 bits per heavy atom. The van der Waals surface area contributed by atoms with Gasteiger partial charge in [0.2, 0.25) is 5.91 Å². The largest absolute Gasteiger partial charge is 0.365 e. The molecule has 2 amide bonds. The van der Waals surface area contributed by atoms with Gasteiger partial charge in [-0.25, -0.2) is 0 Å². The predicted octanol–water partition coefficient (Wildman–Crippen LogP) is 3.32. The zero-order valence-electron chi connectivity index (χ0n) is 12.2. The van der Waals surface area contributed by atoms with Gasteiger partial charge < -0.3 is 11.1 Å². The van der Waals surface area contributed by atoms with Gasteiger partial charge in [-0.1, -0.05) is 13.3 Å². The van der Waals surface area contributed by atoms with Gasteiger partial charge in [-0.2, -0.15) is 0 Å². The van der Waals surface area contributed by atoms with Crippen molar-refractivity contribution < 1.29 is 9.59 Å². The Bertz CT molecular complexity index is 542. The predicted molar refractivity (Wildman–Crippen MR) is 87.2 cm³/mol. The number of carbonyl (C=O) groups is 2. The molecule has 0 saturated heterocycles.